The van der Waals surface area contributed by atoms with E-state index in [4.69, 9.17) is 10.7 Å². The average Bonchev–Trinajstić information content (AvgIpc) is 3.24. The van der Waals surface area contributed by atoms with E-state index in [0.717, 1.165) is 24.0 Å². The van der Waals surface area contributed by atoms with Gasteiger partial charge in [0.1, 0.15) is 0 Å². The van der Waals surface area contributed by atoms with Crippen molar-refractivity contribution in [2.24, 2.45) is 17.8 Å². The molecule has 1 aromatic carbocycles. The molecular formula is C25H27N7O3. The third kappa shape index (κ3) is 3.98. The van der Waals surface area contributed by atoms with Crippen molar-refractivity contribution in [2.75, 3.05) is 18.0 Å². The molecule has 1 unspecified atom stereocenters. The largest absolute Gasteiger partial charge is 0.341 e. The summed E-state index contributed by atoms with van der Waals surface area (Å²) in [5, 5.41) is 0. The van der Waals surface area contributed by atoms with Crippen molar-refractivity contribution < 1.29 is 4.79 Å². The lowest BCUT2D eigenvalue weighted by Gasteiger charge is -2.31. The van der Waals surface area contributed by atoms with Gasteiger partial charge in [0.15, 0.2) is 16.9 Å². The van der Waals surface area contributed by atoms with Gasteiger partial charge in [-0.15, -0.1) is 5.92 Å². The maximum atomic E-state index is 13.7. The number of ketones is 1. The minimum atomic E-state index is -0.510. The number of piperidine rings is 1. The third-order valence-corrected chi connectivity index (χ3v) is 6.56. The number of carbonyl (C=O) groups excluding carboxylic acids is 1. The second kappa shape index (κ2) is 9.00. The van der Waals surface area contributed by atoms with Crippen molar-refractivity contribution in [1.82, 2.24) is 18.7 Å². The van der Waals surface area contributed by atoms with Crippen molar-refractivity contribution in [3.8, 4) is 11.8 Å². The Labute approximate surface area is 201 Å². The Morgan fingerprint density at radius 3 is 2.74 bits per heavy atom. The lowest BCUT2D eigenvalue weighted by Crippen LogP contribution is -2.44. The Morgan fingerprint density at radius 1 is 1.17 bits per heavy atom. The molecule has 1 fully saturated rings. The fraction of sp³-hybridized carbons (Fsp3) is 0.400. The van der Waals surface area contributed by atoms with Crippen molar-refractivity contribution in [3.63, 3.8) is 0 Å². The second-order valence-electron chi connectivity index (χ2n) is 8.97. The molecule has 2 N–H and O–H groups in total. The minimum Gasteiger partial charge on any atom is -0.341 e. The van der Waals surface area contributed by atoms with E-state index in [1.807, 2.05) is 0 Å². The molecule has 1 atom stereocenters. The van der Waals surface area contributed by atoms with Crippen LogP contribution in [0.2, 0.25) is 0 Å². The quantitative estimate of drug-likeness (QED) is 0.569. The number of benzene rings is 1. The predicted molar refractivity (Wildman–Crippen MR) is 135 cm³/mol. The van der Waals surface area contributed by atoms with Crippen LogP contribution in [-0.2, 0) is 20.1 Å². The smallest absolute Gasteiger partial charge is 0.332 e. The molecule has 1 saturated heterocycles. The first kappa shape index (κ1) is 22.8. The molecule has 35 heavy (non-hydrogen) atoms. The van der Waals surface area contributed by atoms with Crippen LogP contribution in [0.4, 0.5) is 11.6 Å². The predicted octanol–water partition coefficient (Wildman–Crippen LogP) is 1.21. The van der Waals surface area contributed by atoms with Crippen LogP contribution in [0.15, 0.2) is 38.8 Å². The number of nitrogens with zero attached hydrogens (tertiary/aromatic N) is 6. The first-order chi connectivity index (χ1) is 16.9. The molecular weight excluding hydrogens is 446 g/mol. The van der Waals surface area contributed by atoms with E-state index in [-0.39, 0.29) is 31.3 Å². The zero-order valence-electron chi connectivity index (χ0n) is 19.8. The molecule has 2 aliphatic heterocycles. The molecule has 4 heterocycles. The Bertz CT molecular complexity index is 1550. The van der Waals surface area contributed by atoms with Gasteiger partial charge in [0.25, 0.3) is 5.56 Å². The molecule has 0 bridgehead atoms. The van der Waals surface area contributed by atoms with Crippen LogP contribution in [0.1, 0.15) is 36.5 Å². The van der Waals surface area contributed by atoms with E-state index in [1.54, 1.807) is 42.8 Å². The van der Waals surface area contributed by atoms with Gasteiger partial charge >= 0.3 is 5.69 Å². The van der Waals surface area contributed by atoms with Gasteiger partial charge in [-0.05, 0) is 31.9 Å². The van der Waals surface area contributed by atoms with E-state index in [2.05, 4.69) is 21.7 Å². The van der Waals surface area contributed by atoms with Crippen LogP contribution < -0.4 is 21.9 Å². The summed E-state index contributed by atoms with van der Waals surface area (Å²) >= 11 is 0. The van der Waals surface area contributed by atoms with Crippen LogP contribution in [0.3, 0.4) is 0 Å². The van der Waals surface area contributed by atoms with Crippen LogP contribution in [0.25, 0.3) is 11.2 Å². The molecule has 10 heteroatoms. The molecule has 0 amide bonds. The number of hydrogen-bond donors (Lipinski definition) is 1. The zero-order chi connectivity index (χ0) is 24.7. The van der Waals surface area contributed by atoms with Crippen LogP contribution in [-0.4, -0.2) is 49.3 Å². The number of hydrogen-bond acceptors (Lipinski definition) is 7. The lowest BCUT2D eigenvalue weighted by atomic mass is 10.0. The van der Waals surface area contributed by atoms with Crippen LogP contribution in [0.5, 0.6) is 0 Å². The number of carbonyl (C=O) groups is 1. The number of para-hydroxylation sites is 1. The number of imidazole rings is 1. The number of aryl methyl sites for hydroxylation is 1. The van der Waals surface area contributed by atoms with E-state index in [9.17, 15) is 14.4 Å². The van der Waals surface area contributed by atoms with Gasteiger partial charge < -0.3 is 10.6 Å². The highest BCUT2D eigenvalue weighted by atomic mass is 16.2. The monoisotopic (exact) mass is 473 g/mol. The number of fused-ring (bicyclic) bond motifs is 2. The first-order valence-corrected chi connectivity index (χ1v) is 11.7. The van der Waals surface area contributed by atoms with E-state index < -0.39 is 11.2 Å². The van der Waals surface area contributed by atoms with Gasteiger partial charge in [-0.1, -0.05) is 18.1 Å². The minimum absolute atomic E-state index is 0.0134. The fourth-order valence-corrected chi connectivity index (χ4v) is 4.81. The van der Waals surface area contributed by atoms with Gasteiger partial charge in [-0.2, -0.15) is 4.98 Å². The second-order valence-corrected chi connectivity index (χ2v) is 8.97. The molecule has 2 aliphatic rings. The number of anilines is 1. The van der Waals surface area contributed by atoms with Crippen molar-refractivity contribution in [1.29, 1.82) is 0 Å². The highest BCUT2D eigenvalue weighted by Gasteiger charge is 2.27. The maximum Gasteiger partial charge on any atom is 0.332 e. The van der Waals surface area contributed by atoms with E-state index in [0.29, 0.717) is 40.6 Å². The number of aliphatic imine (C=N–C) groups is 1. The summed E-state index contributed by atoms with van der Waals surface area (Å²) in [5.41, 5.74) is 7.38. The highest BCUT2D eigenvalue weighted by molar-refractivity contribution is 6.15. The standard InChI is InChI=1S/C25H27N7O3/c1-3-4-12-31-21-22(28-24(31)30-11-7-8-16(26)14-30)29(2)25(35)32(23(21)34)15-17-13-20(33)18-9-5-6-10-19(18)27-17/h5-6,9-10,16H,7-8,11-15,26H2,1-2H3. The summed E-state index contributed by atoms with van der Waals surface area (Å²) in [6.45, 7) is 3.30. The van der Waals surface area contributed by atoms with Gasteiger partial charge in [-0.25, -0.2) is 4.79 Å². The maximum absolute atomic E-state index is 13.7. The topological polar surface area (TPSA) is 121 Å². The number of rotatable bonds is 4. The third-order valence-electron chi connectivity index (χ3n) is 6.56. The molecule has 3 aromatic rings. The van der Waals surface area contributed by atoms with Crippen LogP contribution in [0, 0.1) is 11.8 Å². The van der Waals surface area contributed by atoms with Crippen molar-refractivity contribution in [2.45, 2.75) is 45.3 Å². The van der Waals surface area contributed by atoms with Gasteiger partial charge in [0.2, 0.25) is 5.95 Å². The normalized spacial score (nSPS) is 17.7. The zero-order valence-corrected chi connectivity index (χ0v) is 19.8. The SMILES string of the molecule is CC#CCn1c(N2CCCC(N)C2)nc2c1c(=O)n(CC1=Nc3ccccc3C(=O)C1)c(=O)n2C. The summed E-state index contributed by atoms with van der Waals surface area (Å²) in [4.78, 5) is 50.9. The Balaban J connectivity index is 1.65. The fourth-order valence-electron chi connectivity index (χ4n) is 4.81. The van der Waals surface area contributed by atoms with Crippen molar-refractivity contribution in [3.05, 3.63) is 50.7 Å². The van der Waals surface area contributed by atoms with Gasteiger partial charge in [0.05, 0.1) is 25.2 Å². The van der Waals surface area contributed by atoms with Crippen LogP contribution >= 0.6 is 0 Å². The first-order valence-electron chi connectivity index (χ1n) is 11.7. The highest BCUT2D eigenvalue weighted by Crippen LogP contribution is 2.26. The molecule has 0 radical (unpaired) electrons. The average molecular weight is 474 g/mol. The molecule has 0 saturated carbocycles. The van der Waals surface area contributed by atoms with Gasteiger partial charge in [0, 0.05) is 37.5 Å². The van der Waals surface area contributed by atoms with E-state index in [1.165, 1.54) is 4.57 Å². The van der Waals surface area contributed by atoms with E-state index >= 15 is 0 Å². The molecule has 0 aliphatic carbocycles. The summed E-state index contributed by atoms with van der Waals surface area (Å²) in [6.07, 6.45) is 1.91. The molecule has 5 rings (SSSR count). The molecule has 10 nitrogen and oxygen atoms in total. The van der Waals surface area contributed by atoms with Gasteiger partial charge in [-0.3, -0.25) is 28.3 Å². The Hall–Kier alpha value is -3.97. The Kier molecular flexibility index (Phi) is 5.86. The number of Topliss-reactive ketones (excluding diaryl/α,β-unsaturated/α-hetero) is 1. The number of nitrogens with two attached hydrogens (primary N) is 1. The number of aromatic nitrogens is 4. The molecule has 0 spiro atoms. The molecule has 180 valence electrons. The van der Waals surface area contributed by atoms with Crippen molar-refractivity contribution >= 4 is 34.3 Å². The Morgan fingerprint density at radius 2 is 1.97 bits per heavy atom. The summed E-state index contributed by atoms with van der Waals surface area (Å²) in [7, 11) is 1.60. The summed E-state index contributed by atoms with van der Waals surface area (Å²) in [5.74, 6) is 6.40. The summed E-state index contributed by atoms with van der Waals surface area (Å²) in [6, 6.07) is 7.09. The molecule has 2 aromatic heterocycles. The summed E-state index contributed by atoms with van der Waals surface area (Å²) < 4.78 is 4.27. The lowest BCUT2D eigenvalue weighted by molar-refractivity contribution is 0.0999.